The molecule has 1 N–H and O–H groups in total. The minimum atomic E-state index is -0.346. The van der Waals surface area contributed by atoms with Crippen LogP contribution in [-0.4, -0.2) is 18.8 Å². The molecule has 0 unspecified atom stereocenters. The topological polar surface area (TPSA) is 58.6 Å². The number of hydrazine groups is 1. The molecule has 1 heterocycles. The first kappa shape index (κ1) is 8.71. The van der Waals surface area contributed by atoms with Gasteiger partial charge in [0, 0.05) is 5.56 Å². The van der Waals surface area contributed by atoms with Gasteiger partial charge in [-0.3, -0.25) is 9.80 Å². The Balaban J connectivity index is 2.23. The fourth-order valence-electron chi connectivity index (χ4n) is 1.21. The Bertz CT molecular complexity index is 378. The smallest absolute Gasteiger partial charge is 0.347 e. The summed E-state index contributed by atoms with van der Waals surface area (Å²) in [6.07, 6.45) is 0.752. The molecule has 5 nitrogen and oxygen atoms in total. The maximum absolute atomic E-state index is 10.8. The largest absolute Gasteiger partial charge is 0.349 e. The Morgan fingerprint density at radius 1 is 1.50 bits per heavy atom. The number of nitrogens with zero attached hydrogens (tertiary/aromatic N) is 1. The van der Waals surface area contributed by atoms with Crippen molar-refractivity contribution in [3.05, 3.63) is 29.8 Å². The van der Waals surface area contributed by atoms with E-state index in [2.05, 4.69) is 10.4 Å². The van der Waals surface area contributed by atoms with Crippen LogP contribution in [0.2, 0.25) is 0 Å². The van der Waals surface area contributed by atoms with Crippen LogP contribution >= 0.6 is 0 Å². The normalized spacial score (nSPS) is 15.4. The van der Waals surface area contributed by atoms with Gasteiger partial charge >= 0.3 is 5.97 Å². The maximum atomic E-state index is 10.8. The number of hydrogen-bond donors (Lipinski definition) is 1. The number of carbonyl (C=O) groups is 2. The van der Waals surface area contributed by atoms with Gasteiger partial charge in [0.05, 0.1) is 5.69 Å². The van der Waals surface area contributed by atoms with Crippen molar-refractivity contribution in [3.63, 3.8) is 0 Å². The molecule has 14 heavy (non-hydrogen) atoms. The third-order valence-corrected chi connectivity index (χ3v) is 1.87. The van der Waals surface area contributed by atoms with Crippen molar-refractivity contribution < 1.29 is 14.4 Å². The van der Waals surface area contributed by atoms with E-state index in [1.54, 1.807) is 24.3 Å². The molecule has 1 aliphatic heterocycles. The van der Waals surface area contributed by atoms with Gasteiger partial charge in [0.15, 0.2) is 0 Å². The summed E-state index contributed by atoms with van der Waals surface area (Å²) in [7, 11) is 0. The zero-order valence-electron chi connectivity index (χ0n) is 7.27. The molecule has 0 spiro atoms. The molecule has 1 aliphatic rings. The number of rotatable bonds is 2. The predicted octanol–water partition coefficient (Wildman–Crippen LogP) is 0.282. The van der Waals surface area contributed by atoms with Gasteiger partial charge in [-0.2, -0.15) is 0 Å². The van der Waals surface area contributed by atoms with Crippen LogP contribution in [0.1, 0.15) is 10.4 Å². The van der Waals surface area contributed by atoms with E-state index in [0.29, 0.717) is 5.56 Å². The Morgan fingerprint density at radius 3 is 3.00 bits per heavy atom. The zero-order valence-corrected chi connectivity index (χ0v) is 7.27. The molecule has 2 rings (SSSR count). The van der Waals surface area contributed by atoms with Gasteiger partial charge in [-0.15, -0.1) is 0 Å². The van der Waals surface area contributed by atoms with E-state index in [9.17, 15) is 9.59 Å². The monoisotopic (exact) mass is 192 g/mol. The van der Waals surface area contributed by atoms with E-state index in [0.717, 1.165) is 12.0 Å². The summed E-state index contributed by atoms with van der Waals surface area (Å²) in [4.78, 5) is 25.8. The molecular weight excluding hydrogens is 184 g/mol. The highest BCUT2D eigenvalue weighted by molar-refractivity contribution is 5.80. The van der Waals surface area contributed by atoms with Gasteiger partial charge in [-0.25, -0.2) is 4.79 Å². The first-order valence-electron chi connectivity index (χ1n) is 4.08. The van der Waals surface area contributed by atoms with Crippen LogP contribution in [0.4, 0.5) is 5.69 Å². The van der Waals surface area contributed by atoms with Gasteiger partial charge in [0.25, 0.3) is 0 Å². The number of aldehydes is 1. The lowest BCUT2D eigenvalue weighted by molar-refractivity contribution is -0.142. The number of carbonyl (C=O) groups excluding carboxylic acids is 2. The van der Waals surface area contributed by atoms with Crippen molar-refractivity contribution in [3.8, 4) is 0 Å². The first-order valence-corrected chi connectivity index (χ1v) is 4.08. The van der Waals surface area contributed by atoms with Crippen LogP contribution in [-0.2, 0) is 9.63 Å². The number of anilines is 1. The van der Waals surface area contributed by atoms with Gasteiger partial charge in [0.2, 0.25) is 0 Å². The van der Waals surface area contributed by atoms with Crippen molar-refractivity contribution in [2.75, 3.05) is 11.6 Å². The summed E-state index contributed by atoms with van der Waals surface area (Å²) in [5.41, 5.74) is 3.72. The molecule has 0 saturated carbocycles. The molecule has 0 aliphatic carbocycles. The van der Waals surface area contributed by atoms with Gasteiger partial charge < -0.3 is 4.84 Å². The number of nitrogens with one attached hydrogen (secondary N) is 1. The summed E-state index contributed by atoms with van der Waals surface area (Å²) in [6, 6.07) is 6.88. The lowest BCUT2D eigenvalue weighted by Crippen LogP contribution is -2.29. The molecule has 0 bridgehead atoms. The van der Waals surface area contributed by atoms with E-state index in [1.165, 1.54) is 5.01 Å². The maximum Gasteiger partial charge on any atom is 0.347 e. The Morgan fingerprint density at radius 2 is 2.36 bits per heavy atom. The average Bonchev–Trinajstić information content (AvgIpc) is 2.65. The van der Waals surface area contributed by atoms with E-state index < -0.39 is 0 Å². The molecule has 0 radical (unpaired) electrons. The molecule has 72 valence electrons. The van der Waals surface area contributed by atoms with E-state index in [-0.39, 0.29) is 12.5 Å². The third-order valence-electron chi connectivity index (χ3n) is 1.87. The lowest BCUT2D eigenvalue weighted by Gasteiger charge is -2.13. The third kappa shape index (κ3) is 1.57. The second-order valence-corrected chi connectivity index (χ2v) is 2.86. The molecule has 1 aromatic rings. The Kier molecular flexibility index (Phi) is 2.16. The summed E-state index contributed by atoms with van der Waals surface area (Å²) < 4.78 is 0. The van der Waals surface area contributed by atoms with Crippen LogP contribution in [0.3, 0.4) is 0 Å². The number of benzene rings is 1. The highest BCUT2D eigenvalue weighted by Crippen LogP contribution is 2.15. The molecule has 1 fully saturated rings. The minimum absolute atomic E-state index is 0.141. The summed E-state index contributed by atoms with van der Waals surface area (Å²) in [6.45, 7) is 0.141. The van der Waals surface area contributed by atoms with Crippen molar-refractivity contribution >= 4 is 17.9 Å². The summed E-state index contributed by atoms with van der Waals surface area (Å²) in [5, 5.41) is 1.52. The van der Waals surface area contributed by atoms with E-state index >= 15 is 0 Å². The van der Waals surface area contributed by atoms with Crippen LogP contribution in [0, 0.1) is 0 Å². The highest BCUT2D eigenvalue weighted by Gasteiger charge is 2.20. The second kappa shape index (κ2) is 3.47. The molecular formula is C9H8N2O3. The first-order chi connectivity index (χ1) is 6.79. The Hall–Kier alpha value is -1.88. The lowest BCUT2D eigenvalue weighted by atomic mass is 10.2. The van der Waals surface area contributed by atoms with Crippen molar-refractivity contribution in [1.29, 1.82) is 0 Å². The van der Waals surface area contributed by atoms with E-state index in [4.69, 9.17) is 0 Å². The molecule has 0 atom stereocenters. The Labute approximate surface area is 80.2 Å². The van der Waals surface area contributed by atoms with Gasteiger partial charge in [-0.1, -0.05) is 17.7 Å². The van der Waals surface area contributed by atoms with E-state index in [1.807, 2.05) is 0 Å². The van der Waals surface area contributed by atoms with Crippen LogP contribution in [0.25, 0.3) is 0 Å². The van der Waals surface area contributed by atoms with Crippen molar-refractivity contribution in [2.24, 2.45) is 0 Å². The molecule has 1 aromatic carbocycles. The van der Waals surface area contributed by atoms with Crippen LogP contribution in [0.15, 0.2) is 24.3 Å². The summed E-state index contributed by atoms with van der Waals surface area (Å²) >= 11 is 0. The predicted molar refractivity (Wildman–Crippen MR) is 48.4 cm³/mol. The van der Waals surface area contributed by atoms with Gasteiger partial charge in [-0.05, 0) is 12.1 Å². The highest BCUT2D eigenvalue weighted by atomic mass is 16.7. The average molecular weight is 192 g/mol. The van der Waals surface area contributed by atoms with Crippen LogP contribution < -0.4 is 10.6 Å². The minimum Gasteiger partial charge on any atom is -0.349 e. The number of hydrogen-bond acceptors (Lipinski definition) is 5. The molecule has 1 saturated heterocycles. The quantitative estimate of drug-likeness (QED) is 0.682. The zero-order chi connectivity index (χ0) is 9.97. The second-order valence-electron chi connectivity index (χ2n) is 2.86. The summed E-state index contributed by atoms with van der Waals surface area (Å²) in [5.74, 6) is -0.346. The standard InChI is InChI=1S/C9H8N2O3/c12-6-7-2-1-3-8(4-7)11-5-9(13)14-10-11/h1-4,6,10H,5H2. The van der Waals surface area contributed by atoms with Crippen LogP contribution in [0.5, 0.6) is 0 Å². The fraction of sp³-hybridized carbons (Fsp3) is 0.111. The van der Waals surface area contributed by atoms with Crippen molar-refractivity contribution in [2.45, 2.75) is 0 Å². The molecule has 5 heteroatoms. The van der Waals surface area contributed by atoms with Gasteiger partial charge in [0.1, 0.15) is 12.8 Å². The molecule has 0 aromatic heterocycles. The fourth-order valence-corrected chi connectivity index (χ4v) is 1.21. The van der Waals surface area contributed by atoms with Crippen molar-refractivity contribution in [1.82, 2.24) is 5.59 Å². The SMILES string of the molecule is O=Cc1cccc(N2CC(=O)ON2)c1. The molecule has 0 amide bonds.